The van der Waals surface area contributed by atoms with Gasteiger partial charge < -0.3 is 14.8 Å². The van der Waals surface area contributed by atoms with Crippen LogP contribution in [0.5, 0.6) is 5.75 Å². The lowest BCUT2D eigenvalue weighted by Crippen LogP contribution is -2.45. The molecule has 3 atom stereocenters. The zero-order valence-electron chi connectivity index (χ0n) is 16.7. The molecule has 28 heavy (non-hydrogen) atoms. The Labute approximate surface area is 166 Å². The molecule has 1 aliphatic rings. The van der Waals surface area contributed by atoms with Gasteiger partial charge in [0.1, 0.15) is 17.4 Å². The number of nitrogens with one attached hydrogen (secondary N) is 1. The lowest BCUT2D eigenvalue weighted by Gasteiger charge is -2.34. The van der Waals surface area contributed by atoms with Gasteiger partial charge >= 0.3 is 5.97 Å². The molecule has 0 radical (unpaired) electrons. The van der Waals surface area contributed by atoms with Gasteiger partial charge in [-0.2, -0.15) is 5.26 Å². The molecule has 1 aliphatic carbocycles. The van der Waals surface area contributed by atoms with Gasteiger partial charge in [-0.15, -0.1) is 0 Å². The van der Waals surface area contributed by atoms with E-state index in [1.165, 1.54) is 12.5 Å². The summed E-state index contributed by atoms with van der Waals surface area (Å²) in [4.78, 5) is 24.3. The fourth-order valence-corrected chi connectivity index (χ4v) is 3.37. The zero-order valence-corrected chi connectivity index (χ0v) is 16.7. The third-order valence-corrected chi connectivity index (χ3v) is 5.23. The molecule has 1 N–H and O–H groups in total. The molecule has 1 amide bonds. The van der Waals surface area contributed by atoms with Crippen LogP contribution in [0.4, 0.5) is 0 Å². The Morgan fingerprint density at radius 2 is 1.96 bits per heavy atom. The predicted molar refractivity (Wildman–Crippen MR) is 106 cm³/mol. The Balaban J connectivity index is 1.89. The average molecular weight is 384 g/mol. The fraction of sp³-hybridized carbons (Fsp3) is 0.500. The van der Waals surface area contributed by atoms with Crippen molar-refractivity contribution < 1.29 is 19.1 Å². The van der Waals surface area contributed by atoms with Crippen molar-refractivity contribution in [3.05, 3.63) is 35.4 Å². The van der Waals surface area contributed by atoms with Crippen LogP contribution < -0.4 is 10.1 Å². The topological polar surface area (TPSA) is 88.4 Å². The van der Waals surface area contributed by atoms with Crippen LogP contribution in [0.2, 0.25) is 0 Å². The SMILES string of the molecule is CCOc1ccc(/C=C(\C#N)C(=O)OCC(=O)N[C@@H]2CCC[C@@H](C)[C@@H]2C)cc1. The third-order valence-electron chi connectivity index (χ3n) is 5.23. The summed E-state index contributed by atoms with van der Waals surface area (Å²) in [5, 5.41) is 12.2. The van der Waals surface area contributed by atoms with Crippen molar-refractivity contribution in [2.24, 2.45) is 11.8 Å². The van der Waals surface area contributed by atoms with E-state index < -0.39 is 12.6 Å². The van der Waals surface area contributed by atoms with Crippen LogP contribution in [-0.4, -0.2) is 31.1 Å². The van der Waals surface area contributed by atoms with Gasteiger partial charge in [0.05, 0.1) is 6.61 Å². The summed E-state index contributed by atoms with van der Waals surface area (Å²) < 4.78 is 10.4. The number of hydrogen-bond donors (Lipinski definition) is 1. The van der Waals surface area contributed by atoms with Crippen molar-refractivity contribution in [2.75, 3.05) is 13.2 Å². The van der Waals surface area contributed by atoms with Crippen LogP contribution >= 0.6 is 0 Å². The highest BCUT2D eigenvalue weighted by Gasteiger charge is 2.28. The van der Waals surface area contributed by atoms with Crippen LogP contribution in [0.25, 0.3) is 6.08 Å². The maximum atomic E-state index is 12.1. The van der Waals surface area contributed by atoms with Gasteiger partial charge in [-0.1, -0.05) is 38.8 Å². The number of carbonyl (C=O) groups is 2. The monoisotopic (exact) mass is 384 g/mol. The zero-order chi connectivity index (χ0) is 20.5. The summed E-state index contributed by atoms with van der Waals surface area (Å²) in [5.41, 5.74) is 0.517. The van der Waals surface area contributed by atoms with E-state index in [4.69, 9.17) is 9.47 Å². The second-order valence-corrected chi connectivity index (χ2v) is 7.19. The van der Waals surface area contributed by atoms with Crippen molar-refractivity contribution in [3.63, 3.8) is 0 Å². The van der Waals surface area contributed by atoms with Crippen LogP contribution in [0, 0.1) is 23.2 Å². The van der Waals surface area contributed by atoms with Gasteiger partial charge in [0, 0.05) is 6.04 Å². The number of esters is 1. The van der Waals surface area contributed by atoms with Crippen LogP contribution in [0.1, 0.15) is 45.6 Å². The summed E-state index contributed by atoms with van der Waals surface area (Å²) >= 11 is 0. The van der Waals surface area contributed by atoms with Gasteiger partial charge in [0.15, 0.2) is 6.61 Å². The van der Waals surface area contributed by atoms with Gasteiger partial charge in [0.2, 0.25) is 0 Å². The second kappa shape index (κ2) is 10.5. The first-order chi connectivity index (χ1) is 13.4. The summed E-state index contributed by atoms with van der Waals surface area (Å²) in [6, 6.07) is 8.94. The number of hydrogen-bond acceptors (Lipinski definition) is 5. The normalized spacial score (nSPS) is 22.1. The lowest BCUT2D eigenvalue weighted by atomic mass is 9.78. The maximum Gasteiger partial charge on any atom is 0.349 e. The number of nitrogens with zero attached hydrogens (tertiary/aromatic N) is 1. The van der Waals surface area contributed by atoms with Gasteiger partial charge in [-0.25, -0.2) is 4.79 Å². The first kappa shape index (κ1) is 21.5. The molecule has 1 aromatic rings. The number of ether oxygens (including phenoxy) is 2. The van der Waals surface area contributed by atoms with Crippen molar-refractivity contribution in [2.45, 2.75) is 46.1 Å². The Kier molecular flexibility index (Phi) is 8.06. The number of carbonyl (C=O) groups excluding carboxylic acids is 2. The van der Waals surface area contributed by atoms with Gasteiger partial charge in [-0.05, 0) is 49.0 Å². The Morgan fingerprint density at radius 3 is 2.61 bits per heavy atom. The molecule has 1 saturated carbocycles. The molecular weight excluding hydrogens is 356 g/mol. The highest BCUT2D eigenvalue weighted by atomic mass is 16.5. The van der Waals surface area contributed by atoms with E-state index in [-0.39, 0.29) is 17.5 Å². The lowest BCUT2D eigenvalue weighted by molar-refractivity contribution is -0.144. The van der Waals surface area contributed by atoms with E-state index in [1.54, 1.807) is 24.3 Å². The van der Waals surface area contributed by atoms with E-state index in [9.17, 15) is 14.9 Å². The summed E-state index contributed by atoms with van der Waals surface area (Å²) in [5.74, 6) is 0.518. The molecule has 0 spiro atoms. The molecule has 1 fully saturated rings. The number of nitriles is 1. The molecule has 0 saturated heterocycles. The van der Waals surface area contributed by atoms with Crippen molar-refractivity contribution in [3.8, 4) is 11.8 Å². The second-order valence-electron chi connectivity index (χ2n) is 7.19. The minimum atomic E-state index is -0.809. The molecule has 150 valence electrons. The van der Waals surface area contributed by atoms with Gasteiger partial charge in [-0.3, -0.25) is 4.79 Å². The minimum absolute atomic E-state index is 0.102. The molecule has 2 rings (SSSR count). The van der Waals surface area contributed by atoms with E-state index in [0.717, 1.165) is 12.8 Å². The smallest absolute Gasteiger partial charge is 0.349 e. The molecule has 0 aliphatic heterocycles. The first-order valence-corrected chi connectivity index (χ1v) is 9.75. The molecule has 0 heterocycles. The Bertz CT molecular complexity index is 749. The molecule has 0 bridgehead atoms. The molecule has 6 heteroatoms. The predicted octanol–water partition coefficient (Wildman–Crippen LogP) is 3.48. The Hall–Kier alpha value is -2.81. The number of amides is 1. The van der Waals surface area contributed by atoms with Crippen molar-refractivity contribution >= 4 is 18.0 Å². The standard InChI is InChI=1S/C22H28N2O4/c1-4-27-19-10-8-17(9-11-19)12-18(13-23)22(26)28-14-21(25)24-20-7-5-6-15(2)16(20)3/h8-12,15-16,20H,4-7,14H2,1-3H3,(H,24,25)/b18-12+/t15-,16+,20-/m1/s1. The quantitative estimate of drug-likeness (QED) is 0.442. The highest BCUT2D eigenvalue weighted by Crippen LogP contribution is 2.29. The summed E-state index contributed by atoms with van der Waals surface area (Å²) in [6.07, 6.45) is 4.62. The molecular formula is C22H28N2O4. The maximum absolute atomic E-state index is 12.1. The summed E-state index contributed by atoms with van der Waals surface area (Å²) in [7, 11) is 0. The summed E-state index contributed by atoms with van der Waals surface area (Å²) in [6.45, 7) is 6.38. The van der Waals surface area contributed by atoms with E-state index in [2.05, 4.69) is 19.2 Å². The Morgan fingerprint density at radius 1 is 1.25 bits per heavy atom. The van der Waals surface area contributed by atoms with Crippen LogP contribution in [0.3, 0.4) is 0 Å². The van der Waals surface area contributed by atoms with Crippen LogP contribution in [-0.2, 0) is 14.3 Å². The highest BCUT2D eigenvalue weighted by molar-refractivity contribution is 5.98. The van der Waals surface area contributed by atoms with Crippen LogP contribution in [0.15, 0.2) is 29.8 Å². The average Bonchev–Trinajstić information content (AvgIpc) is 2.69. The number of benzene rings is 1. The molecule has 1 aromatic carbocycles. The third kappa shape index (κ3) is 6.12. The van der Waals surface area contributed by atoms with E-state index in [0.29, 0.717) is 29.8 Å². The molecule has 6 nitrogen and oxygen atoms in total. The number of rotatable bonds is 7. The minimum Gasteiger partial charge on any atom is -0.494 e. The van der Waals surface area contributed by atoms with Crippen molar-refractivity contribution in [1.82, 2.24) is 5.32 Å². The largest absolute Gasteiger partial charge is 0.494 e. The van der Waals surface area contributed by atoms with Crippen molar-refractivity contribution in [1.29, 1.82) is 5.26 Å². The first-order valence-electron chi connectivity index (χ1n) is 9.75. The molecule has 0 aromatic heterocycles. The molecule has 0 unspecified atom stereocenters. The van der Waals surface area contributed by atoms with E-state index >= 15 is 0 Å². The van der Waals surface area contributed by atoms with Gasteiger partial charge in [0.25, 0.3) is 5.91 Å². The van der Waals surface area contributed by atoms with E-state index in [1.807, 2.05) is 13.0 Å². The fourth-order valence-electron chi connectivity index (χ4n) is 3.37.